The van der Waals surface area contributed by atoms with Gasteiger partial charge in [-0.15, -0.1) is 0 Å². The smallest absolute Gasteiger partial charge is 0.149 e. The minimum absolute atomic E-state index is 0.159. The molecule has 96 valence electrons. The molecule has 18 heavy (non-hydrogen) atoms. The Morgan fingerprint density at radius 3 is 2.50 bits per heavy atom. The van der Waals surface area contributed by atoms with Gasteiger partial charge in [-0.2, -0.15) is 0 Å². The van der Waals surface area contributed by atoms with Crippen LogP contribution in [0.1, 0.15) is 19.4 Å². The molecule has 0 heterocycles. The van der Waals surface area contributed by atoms with E-state index in [2.05, 4.69) is 5.16 Å². The maximum Gasteiger partial charge on any atom is 0.149 e. The van der Waals surface area contributed by atoms with Crippen LogP contribution in [0.25, 0.3) is 0 Å². The lowest BCUT2D eigenvalue weighted by Crippen LogP contribution is -1.95. The fourth-order valence-electron chi connectivity index (χ4n) is 1.37. The van der Waals surface area contributed by atoms with Gasteiger partial charge in [-0.1, -0.05) is 35.0 Å². The standard InChI is InChI=1S/C14H16ClNO2/c1-3-5-12(4-2)18-13-8-6-11(7-9-13)10-14(15)16-17/h3-9,17H,10H2,1-2H3/b5-3-,12-4+,16-14-. The van der Waals surface area contributed by atoms with E-state index >= 15 is 0 Å². The first-order chi connectivity index (χ1) is 8.69. The molecule has 0 bridgehead atoms. The van der Waals surface area contributed by atoms with Gasteiger partial charge >= 0.3 is 0 Å². The molecule has 0 fully saturated rings. The van der Waals surface area contributed by atoms with Crippen LogP contribution in [0, 0.1) is 0 Å². The number of allylic oxidation sites excluding steroid dienone is 3. The van der Waals surface area contributed by atoms with Crippen molar-refractivity contribution in [3.63, 3.8) is 0 Å². The van der Waals surface area contributed by atoms with Crippen molar-refractivity contribution in [2.45, 2.75) is 20.3 Å². The SMILES string of the molecule is C/C=C\C(=C/C)Oc1ccc(C/C(Cl)=N/O)cc1. The number of halogens is 1. The zero-order chi connectivity index (χ0) is 13.4. The molecule has 0 spiro atoms. The number of hydrogen-bond donors (Lipinski definition) is 1. The third kappa shape index (κ3) is 4.63. The van der Waals surface area contributed by atoms with Crippen LogP contribution in [0.15, 0.2) is 53.4 Å². The zero-order valence-electron chi connectivity index (χ0n) is 10.4. The maximum absolute atomic E-state index is 8.48. The molecule has 1 aromatic rings. The Morgan fingerprint density at radius 1 is 1.33 bits per heavy atom. The van der Waals surface area contributed by atoms with Gasteiger partial charge in [0.1, 0.15) is 16.7 Å². The van der Waals surface area contributed by atoms with E-state index in [-0.39, 0.29) is 5.17 Å². The predicted molar refractivity (Wildman–Crippen MR) is 74.4 cm³/mol. The Kier molecular flexibility index (Phi) is 6.01. The molecule has 0 atom stereocenters. The van der Waals surface area contributed by atoms with Crippen molar-refractivity contribution in [2.75, 3.05) is 0 Å². The van der Waals surface area contributed by atoms with Crippen LogP contribution in [-0.4, -0.2) is 10.4 Å². The van der Waals surface area contributed by atoms with Crippen LogP contribution in [-0.2, 0) is 6.42 Å². The van der Waals surface area contributed by atoms with Crippen LogP contribution in [0.2, 0.25) is 0 Å². The number of ether oxygens (including phenoxy) is 1. The van der Waals surface area contributed by atoms with Gasteiger partial charge in [0.25, 0.3) is 0 Å². The first-order valence-corrected chi connectivity index (χ1v) is 5.99. The van der Waals surface area contributed by atoms with Crippen molar-refractivity contribution < 1.29 is 9.94 Å². The van der Waals surface area contributed by atoms with Gasteiger partial charge in [0.2, 0.25) is 0 Å². The molecule has 0 aromatic heterocycles. The monoisotopic (exact) mass is 265 g/mol. The summed E-state index contributed by atoms with van der Waals surface area (Å²) >= 11 is 5.64. The third-order valence-corrected chi connectivity index (χ3v) is 2.44. The van der Waals surface area contributed by atoms with Crippen molar-refractivity contribution in [1.82, 2.24) is 0 Å². The average molecular weight is 266 g/mol. The van der Waals surface area contributed by atoms with Gasteiger partial charge in [0.15, 0.2) is 0 Å². The van der Waals surface area contributed by atoms with Crippen LogP contribution in [0.4, 0.5) is 0 Å². The molecule has 1 aromatic carbocycles. The van der Waals surface area contributed by atoms with Crippen LogP contribution < -0.4 is 4.74 Å². The van der Waals surface area contributed by atoms with E-state index in [9.17, 15) is 0 Å². The number of benzene rings is 1. The van der Waals surface area contributed by atoms with Gasteiger partial charge < -0.3 is 9.94 Å². The molecule has 1 N–H and O–H groups in total. The molecule has 4 heteroatoms. The number of rotatable bonds is 5. The Morgan fingerprint density at radius 2 is 2.00 bits per heavy atom. The molecular weight excluding hydrogens is 250 g/mol. The van der Waals surface area contributed by atoms with Gasteiger partial charge in [0, 0.05) is 6.42 Å². The summed E-state index contributed by atoms with van der Waals surface area (Å²) < 4.78 is 5.65. The van der Waals surface area contributed by atoms with E-state index in [1.54, 1.807) is 0 Å². The molecule has 1 rings (SSSR count). The molecule has 0 saturated carbocycles. The molecule has 3 nitrogen and oxygen atoms in total. The minimum atomic E-state index is 0.159. The Labute approximate surface area is 112 Å². The lowest BCUT2D eigenvalue weighted by atomic mass is 10.1. The highest BCUT2D eigenvalue weighted by atomic mass is 35.5. The third-order valence-electron chi connectivity index (χ3n) is 2.23. The quantitative estimate of drug-likeness (QED) is 0.286. The molecule has 0 aliphatic rings. The predicted octanol–water partition coefficient (Wildman–Crippen LogP) is 4.11. The van der Waals surface area contributed by atoms with Gasteiger partial charge in [-0.25, -0.2) is 0 Å². The highest BCUT2D eigenvalue weighted by molar-refractivity contribution is 6.65. The van der Waals surface area contributed by atoms with Gasteiger partial charge in [-0.3, -0.25) is 0 Å². The summed E-state index contributed by atoms with van der Waals surface area (Å²) in [5.74, 6) is 1.54. The Bertz CT molecular complexity index is 461. The second kappa shape index (κ2) is 7.56. The van der Waals surface area contributed by atoms with E-state index in [0.29, 0.717) is 6.42 Å². The van der Waals surface area contributed by atoms with Gasteiger partial charge in [0.05, 0.1) is 0 Å². The van der Waals surface area contributed by atoms with Crippen LogP contribution >= 0.6 is 11.6 Å². The molecule has 0 saturated heterocycles. The van der Waals surface area contributed by atoms with Crippen molar-refractivity contribution in [3.05, 3.63) is 53.8 Å². The van der Waals surface area contributed by atoms with E-state index in [4.69, 9.17) is 21.5 Å². The summed E-state index contributed by atoms with van der Waals surface area (Å²) in [4.78, 5) is 0. The summed E-state index contributed by atoms with van der Waals surface area (Å²) in [6, 6.07) is 7.46. The second-order valence-corrected chi connectivity index (χ2v) is 4.03. The highest BCUT2D eigenvalue weighted by Crippen LogP contribution is 2.16. The minimum Gasteiger partial charge on any atom is -0.458 e. The second-order valence-electron chi connectivity index (χ2n) is 3.59. The summed E-state index contributed by atoms with van der Waals surface area (Å²) in [5, 5.41) is 11.6. The molecule has 0 amide bonds. The fraction of sp³-hybridized carbons (Fsp3) is 0.214. The first kappa shape index (κ1) is 14.3. The lowest BCUT2D eigenvalue weighted by Gasteiger charge is -2.06. The number of hydrogen-bond acceptors (Lipinski definition) is 3. The largest absolute Gasteiger partial charge is 0.458 e. The summed E-state index contributed by atoms with van der Waals surface area (Å²) in [5.41, 5.74) is 0.957. The normalized spacial score (nSPS) is 13.1. The van der Waals surface area contributed by atoms with Crippen LogP contribution in [0.5, 0.6) is 5.75 Å². The zero-order valence-corrected chi connectivity index (χ0v) is 11.2. The summed E-state index contributed by atoms with van der Waals surface area (Å²) in [6.45, 7) is 3.85. The van der Waals surface area contributed by atoms with Crippen molar-refractivity contribution in [3.8, 4) is 5.75 Å². The van der Waals surface area contributed by atoms with E-state index in [1.165, 1.54) is 0 Å². The number of oxime groups is 1. The van der Waals surface area contributed by atoms with E-state index in [0.717, 1.165) is 17.1 Å². The van der Waals surface area contributed by atoms with Crippen LogP contribution in [0.3, 0.4) is 0 Å². The molecular formula is C14H16ClNO2. The summed E-state index contributed by atoms with van der Waals surface area (Å²) in [6.07, 6.45) is 6.11. The first-order valence-electron chi connectivity index (χ1n) is 5.61. The average Bonchev–Trinajstić information content (AvgIpc) is 2.40. The van der Waals surface area contributed by atoms with Crippen molar-refractivity contribution in [1.29, 1.82) is 0 Å². The molecule has 0 radical (unpaired) electrons. The maximum atomic E-state index is 8.48. The van der Waals surface area contributed by atoms with E-state index < -0.39 is 0 Å². The Balaban J connectivity index is 2.71. The van der Waals surface area contributed by atoms with E-state index in [1.807, 2.05) is 56.3 Å². The summed E-state index contributed by atoms with van der Waals surface area (Å²) in [7, 11) is 0. The molecule has 0 aliphatic heterocycles. The number of nitrogens with zero attached hydrogens (tertiary/aromatic N) is 1. The lowest BCUT2D eigenvalue weighted by molar-refractivity contribution is 0.319. The van der Waals surface area contributed by atoms with Crippen molar-refractivity contribution >= 4 is 16.8 Å². The van der Waals surface area contributed by atoms with Crippen molar-refractivity contribution in [2.24, 2.45) is 5.16 Å². The molecule has 0 aliphatic carbocycles. The van der Waals surface area contributed by atoms with Gasteiger partial charge in [-0.05, 0) is 43.7 Å². The fourth-order valence-corrected chi connectivity index (χ4v) is 1.52. The topological polar surface area (TPSA) is 41.8 Å². The molecule has 0 unspecified atom stereocenters. The Hall–Kier alpha value is -1.74. The highest BCUT2D eigenvalue weighted by Gasteiger charge is 2.00.